The number of hydrogen-bond acceptors (Lipinski definition) is 7. The fourth-order valence-corrected chi connectivity index (χ4v) is 7.71. The first-order valence-electron chi connectivity index (χ1n) is 17.7. The number of alkyl carbamates (subject to hydrolysis) is 1. The van der Waals surface area contributed by atoms with Crippen molar-refractivity contribution < 1.29 is 28.5 Å². The number of nitrogens with one attached hydrogen (secondary N) is 2. The second-order valence-corrected chi connectivity index (χ2v) is 13.7. The SMILES string of the molecule is O=C(NCc1cccc(-c2ccc(OCc3ccccc3C(=O)N[C@H]3CCC(CCC4OCCO4)C3)cc2)c1)O[C@H]1CN2CCC1CC2. The molecule has 4 heterocycles. The highest BCUT2D eigenvalue weighted by Crippen LogP contribution is 2.32. The minimum Gasteiger partial charge on any atom is -0.489 e. The molecule has 2 bridgehead atoms. The van der Waals surface area contributed by atoms with Crippen molar-refractivity contribution >= 4 is 12.0 Å². The van der Waals surface area contributed by atoms with E-state index in [1.165, 1.54) is 0 Å². The molecule has 2 amide bonds. The molecular weight excluding hydrogens is 606 g/mol. The van der Waals surface area contributed by atoms with Gasteiger partial charge in [0, 0.05) is 30.3 Å². The Morgan fingerprint density at radius 2 is 1.67 bits per heavy atom. The summed E-state index contributed by atoms with van der Waals surface area (Å²) in [5.41, 5.74) is 4.63. The van der Waals surface area contributed by atoms with Gasteiger partial charge in [-0.2, -0.15) is 0 Å². The number of benzene rings is 3. The van der Waals surface area contributed by atoms with E-state index < -0.39 is 0 Å². The van der Waals surface area contributed by atoms with E-state index in [0.29, 0.717) is 43.8 Å². The van der Waals surface area contributed by atoms with Crippen LogP contribution in [0.4, 0.5) is 4.79 Å². The largest absolute Gasteiger partial charge is 0.489 e. The number of carbonyl (C=O) groups excluding carboxylic acids is 2. The van der Waals surface area contributed by atoms with Gasteiger partial charge in [0.15, 0.2) is 6.29 Å². The first kappa shape index (κ1) is 32.6. The molecule has 2 N–H and O–H groups in total. The molecular formula is C39H47N3O6. The highest BCUT2D eigenvalue weighted by molar-refractivity contribution is 5.95. The van der Waals surface area contributed by atoms with Crippen LogP contribution in [0.2, 0.25) is 0 Å². The molecule has 1 unspecified atom stereocenters. The molecule has 4 saturated heterocycles. The summed E-state index contributed by atoms with van der Waals surface area (Å²) in [6, 6.07) is 24.0. The summed E-state index contributed by atoms with van der Waals surface area (Å²) in [6.45, 7) is 5.18. The summed E-state index contributed by atoms with van der Waals surface area (Å²) in [5, 5.41) is 6.21. The molecule has 9 nitrogen and oxygen atoms in total. The Hall–Kier alpha value is -3.92. The Labute approximate surface area is 283 Å². The molecule has 5 fully saturated rings. The van der Waals surface area contributed by atoms with E-state index in [0.717, 1.165) is 92.6 Å². The maximum atomic E-state index is 13.3. The molecule has 9 heteroatoms. The molecule has 0 radical (unpaired) electrons. The van der Waals surface area contributed by atoms with Gasteiger partial charge in [-0.25, -0.2) is 4.79 Å². The Bertz CT molecular complexity index is 1530. The van der Waals surface area contributed by atoms with Gasteiger partial charge in [0.25, 0.3) is 5.91 Å². The van der Waals surface area contributed by atoms with Crippen molar-refractivity contribution in [3.05, 3.63) is 89.5 Å². The molecule has 1 aliphatic carbocycles. The molecule has 3 aromatic carbocycles. The summed E-state index contributed by atoms with van der Waals surface area (Å²) in [4.78, 5) is 28.2. The fraction of sp³-hybridized carbons (Fsp3) is 0.487. The van der Waals surface area contributed by atoms with Crippen LogP contribution in [0.3, 0.4) is 0 Å². The van der Waals surface area contributed by atoms with Crippen molar-refractivity contribution in [3.8, 4) is 16.9 Å². The van der Waals surface area contributed by atoms with Crippen LogP contribution in [0, 0.1) is 11.8 Å². The maximum absolute atomic E-state index is 13.3. The predicted molar refractivity (Wildman–Crippen MR) is 182 cm³/mol. The van der Waals surface area contributed by atoms with Gasteiger partial charge in [-0.1, -0.05) is 48.5 Å². The molecule has 5 aliphatic rings. The van der Waals surface area contributed by atoms with Gasteiger partial charge in [-0.05, 0) is 111 Å². The zero-order chi connectivity index (χ0) is 32.7. The minimum atomic E-state index is -0.344. The third-order valence-electron chi connectivity index (χ3n) is 10.4. The van der Waals surface area contributed by atoms with Crippen LogP contribution < -0.4 is 15.4 Å². The summed E-state index contributed by atoms with van der Waals surface area (Å²) in [5.74, 6) is 1.77. The van der Waals surface area contributed by atoms with Crippen molar-refractivity contribution in [2.75, 3.05) is 32.8 Å². The average Bonchev–Trinajstić information content (AvgIpc) is 3.82. The normalized spacial score (nSPS) is 25.1. The van der Waals surface area contributed by atoms with E-state index in [9.17, 15) is 9.59 Å². The smallest absolute Gasteiger partial charge is 0.407 e. The van der Waals surface area contributed by atoms with E-state index in [2.05, 4.69) is 27.7 Å². The molecule has 3 aromatic rings. The lowest BCUT2D eigenvalue weighted by molar-refractivity contribution is -0.0500. The highest BCUT2D eigenvalue weighted by atomic mass is 16.7. The number of amides is 2. The van der Waals surface area contributed by atoms with Crippen LogP contribution in [-0.4, -0.2) is 68.2 Å². The molecule has 0 aromatic heterocycles. The van der Waals surface area contributed by atoms with Crippen molar-refractivity contribution in [2.45, 2.75) is 76.5 Å². The number of rotatable bonds is 12. The van der Waals surface area contributed by atoms with Crippen LogP contribution in [0.25, 0.3) is 11.1 Å². The molecule has 4 aliphatic heterocycles. The topological polar surface area (TPSA) is 98.4 Å². The van der Waals surface area contributed by atoms with Crippen molar-refractivity contribution in [1.82, 2.24) is 15.5 Å². The van der Waals surface area contributed by atoms with Gasteiger partial charge in [0.1, 0.15) is 18.5 Å². The fourth-order valence-electron chi connectivity index (χ4n) is 7.71. The van der Waals surface area contributed by atoms with Gasteiger partial charge >= 0.3 is 6.09 Å². The van der Waals surface area contributed by atoms with Gasteiger partial charge in [0.2, 0.25) is 0 Å². The zero-order valence-corrected chi connectivity index (χ0v) is 27.6. The van der Waals surface area contributed by atoms with Gasteiger partial charge in [0.05, 0.1) is 13.2 Å². The minimum absolute atomic E-state index is 0.00111. The Kier molecular flexibility index (Phi) is 10.6. The quantitative estimate of drug-likeness (QED) is 0.237. The van der Waals surface area contributed by atoms with Crippen LogP contribution in [0.15, 0.2) is 72.8 Å². The standard InChI is InChI=1S/C39H47N3O6/c43-38(41-33-12-8-27(23-33)9-15-37-45-20-21-46-37)35-7-2-1-5-32(35)26-47-34-13-10-29(11-14-34)31-6-3-4-28(22-31)24-40-39(44)48-36-25-42-18-16-30(36)17-19-42/h1-7,10-11,13-14,22,27,30,33,36-37H,8-9,12,15-21,23-26H2,(H,40,44)(H,41,43)/t27?,33-,36-/m0/s1. The number of carbonyl (C=O) groups is 2. The summed E-state index contributed by atoms with van der Waals surface area (Å²) in [7, 11) is 0. The number of piperidine rings is 3. The third kappa shape index (κ3) is 8.38. The molecule has 254 valence electrons. The molecule has 3 atom stereocenters. The third-order valence-corrected chi connectivity index (χ3v) is 10.4. The molecule has 0 spiro atoms. The predicted octanol–water partition coefficient (Wildman–Crippen LogP) is 6.30. The van der Waals surface area contributed by atoms with E-state index in [4.69, 9.17) is 18.9 Å². The van der Waals surface area contributed by atoms with E-state index in [-0.39, 0.29) is 30.4 Å². The highest BCUT2D eigenvalue weighted by Gasteiger charge is 2.36. The second-order valence-electron chi connectivity index (χ2n) is 13.7. The summed E-state index contributed by atoms with van der Waals surface area (Å²) < 4.78 is 23.1. The maximum Gasteiger partial charge on any atom is 0.407 e. The summed E-state index contributed by atoms with van der Waals surface area (Å²) >= 11 is 0. The van der Waals surface area contributed by atoms with Gasteiger partial charge in [-0.15, -0.1) is 0 Å². The van der Waals surface area contributed by atoms with Crippen molar-refractivity contribution in [2.24, 2.45) is 11.8 Å². The van der Waals surface area contributed by atoms with Gasteiger partial charge in [-0.3, -0.25) is 9.69 Å². The first-order valence-corrected chi connectivity index (χ1v) is 17.7. The van der Waals surface area contributed by atoms with Crippen molar-refractivity contribution in [1.29, 1.82) is 0 Å². The van der Waals surface area contributed by atoms with E-state index in [1.807, 2.05) is 60.7 Å². The number of fused-ring (bicyclic) bond motifs is 3. The van der Waals surface area contributed by atoms with Crippen molar-refractivity contribution in [3.63, 3.8) is 0 Å². The zero-order valence-electron chi connectivity index (χ0n) is 27.6. The lowest BCUT2D eigenvalue weighted by Crippen LogP contribution is -2.52. The van der Waals surface area contributed by atoms with Crippen LogP contribution in [0.1, 0.15) is 66.4 Å². The lowest BCUT2D eigenvalue weighted by Gasteiger charge is -2.43. The molecule has 48 heavy (non-hydrogen) atoms. The number of hydrogen-bond donors (Lipinski definition) is 2. The lowest BCUT2D eigenvalue weighted by atomic mass is 9.86. The first-order chi connectivity index (χ1) is 23.6. The van der Waals surface area contributed by atoms with Crippen LogP contribution in [-0.2, 0) is 27.4 Å². The Morgan fingerprint density at radius 1 is 0.854 bits per heavy atom. The molecule has 1 saturated carbocycles. The molecule has 8 rings (SSSR count). The number of ether oxygens (including phenoxy) is 4. The van der Waals surface area contributed by atoms with E-state index >= 15 is 0 Å². The number of nitrogens with zero attached hydrogens (tertiary/aromatic N) is 1. The summed E-state index contributed by atoms with van der Waals surface area (Å²) in [6.07, 6.45) is 6.93. The second kappa shape index (κ2) is 15.5. The average molecular weight is 654 g/mol. The van der Waals surface area contributed by atoms with Gasteiger partial charge < -0.3 is 29.6 Å². The van der Waals surface area contributed by atoms with E-state index in [1.54, 1.807) is 0 Å². The van der Waals surface area contributed by atoms with Crippen LogP contribution >= 0.6 is 0 Å². The Balaban J connectivity index is 0.879. The Morgan fingerprint density at radius 3 is 2.46 bits per heavy atom. The monoisotopic (exact) mass is 653 g/mol. The van der Waals surface area contributed by atoms with Crippen LogP contribution in [0.5, 0.6) is 5.75 Å².